The monoisotopic (exact) mass is 484 g/mol. The maximum Gasteiger partial charge on any atom is 0.118 e. The number of aryl methyl sites for hydroxylation is 1. The fraction of sp³-hybridized carbons (Fsp3) is 0.391. The highest BCUT2D eigenvalue weighted by Gasteiger charge is 2.19. The second-order valence-corrected chi connectivity index (χ2v) is 8.24. The van der Waals surface area contributed by atoms with Crippen LogP contribution in [0, 0.1) is 22.7 Å². The number of nitrogens with zero attached hydrogens (tertiary/aromatic N) is 2. The van der Waals surface area contributed by atoms with Crippen molar-refractivity contribution in [1.29, 1.82) is 10.5 Å². The molecule has 1 N–H and O–H groups in total. The maximum absolute atomic E-state index is 9.58. The quantitative estimate of drug-likeness (QED) is 0.231. The average molecular weight is 486 g/mol. The van der Waals surface area contributed by atoms with Gasteiger partial charge in [-0.15, -0.1) is 0 Å². The molecule has 0 unspecified atom stereocenters. The van der Waals surface area contributed by atoms with Crippen molar-refractivity contribution in [3.63, 3.8) is 0 Å². The van der Waals surface area contributed by atoms with E-state index in [2.05, 4.69) is 6.92 Å². The molecule has 7 heteroatoms. The van der Waals surface area contributed by atoms with Crippen LogP contribution in [-0.2, 0) is 6.42 Å². The van der Waals surface area contributed by atoms with Crippen LogP contribution >= 0.6 is 46.4 Å². The summed E-state index contributed by atoms with van der Waals surface area (Å²) in [6.45, 7) is 2.25. The van der Waals surface area contributed by atoms with E-state index in [1.54, 1.807) is 18.2 Å². The Morgan fingerprint density at radius 2 is 1.23 bits per heavy atom. The maximum atomic E-state index is 9.58. The van der Waals surface area contributed by atoms with E-state index < -0.39 is 0 Å². The van der Waals surface area contributed by atoms with E-state index in [0.717, 1.165) is 12.0 Å². The number of rotatable bonds is 8. The smallest absolute Gasteiger partial charge is 0.118 e. The van der Waals surface area contributed by atoms with Crippen LogP contribution in [-0.4, -0.2) is 5.11 Å². The summed E-state index contributed by atoms with van der Waals surface area (Å²) in [6, 6.07) is 11.2. The zero-order valence-electron chi connectivity index (χ0n) is 16.8. The Kier molecular flexibility index (Phi) is 12.7. The minimum Gasteiger partial charge on any atom is -0.508 e. The van der Waals surface area contributed by atoms with Crippen LogP contribution in [0.3, 0.4) is 0 Å². The lowest BCUT2D eigenvalue weighted by molar-refractivity contribution is 0.466. The molecule has 0 amide bonds. The number of halogens is 4. The lowest BCUT2D eigenvalue weighted by Gasteiger charge is -2.05. The van der Waals surface area contributed by atoms with Crippen molar-refractivity contribution in [2.45, 2.75) is 58.3 Å². The van der Waals surface area contributed by atoms with Gasteiger partial charge in [0.15, 0.2) is 0 Å². The molecular formula is C23H24Cl4N2O. The number of nitriles is 2. The second-order valence-electron chi connectivity index (χ2n) is 6.73. The third-order valence-corrected chi connectivity index (χ3v) is 6.23. The van der Waals surface area contributed by atoms with Gasteiger partial charge in [0, 0.05) is 0 Å². The normalized spacial score (nSPS) is 9.97. The van der Waals surface area contributed by atoms with Gasteiger partial charge < -0.3 is 5.11 Å². The van der Waals surface area contributed by atoms with Crippen LogP contribution in [0.2, 0.25) is 20.1 Å². The molecule has 3 nitrogen and oxygen atoms in total. The molecule has 0 heterocycles. The minimum absolute atomic E-state index is 0.0363. The standard InChI is InChI=1S/C15H24O.C8Cl4N2/c1-2-3-4-5-6-7-8-11-14-12-9-10-13-15(14)16;9-5-3(1-13)6(10)8(12)7(11)4(5)2-14/h9-10,12-13,16H,2-8,11H2,1H3;. The summed E-state index contributed by atoms with van der Waals surface area (Å²) < 4.78 is 0. The molecule has 2 rings (SSSR count). The molecule has 0 spiro atoms. The highest BCUT2D eigenvalue weighted by molar-refractivity contribution is 6.50. The molecule has 0 saturated carbocycles. The van der Waals surface area contributed by atoms with E-state index in [4.69, 9.17) is 56.9 Å². The summed E-state index contributed by atoms with van der Waals surface area (Å²) in [5.74, 6) is 0.452. The van der Waals surface area contributed by atoms with E-state index in [1.165, 1.54) is 44.9 Å². The Balaban J connectivity index is 0.000000303. The van der Waals surface area contributed by atoms with E-state index in [0.29, 0.717) is 5.75 Å². The number of benzene rings is 2. The molecule has 0 aliphatic heterocycles. The molecule has 0 atom stereocenters. The molecule has 0 radical (unpaired) electrons. The lowest BCUT2D eigenvalue weighted by atomic mass is 10.0. The number of aromatic hydroxyl groups is 1. The largest absolute Gasteiger partial charge is 0.508 e. The van der Waals surface area contributed by atoms with Crippen LogP contribution in [0.4, 0.5) is 0 Å². The SMILES string of the molecule is CCCCCCCCCc1ccccc1O.N#Cc1c(Cl)c(Cl)c(Cl)c(C#N)c1Cl. The van der Waals surface area contributed by atoms with Gasteiger partial charge >= 0.3 is 0 Å². The highest BCUT2D eigenvalue weighted by Crippen LogP contribution is 2.40. The molecule has 0 aliphatic rings. The lowest BCUT2D eigenvalue weighted by Crippen LogP contribution is -1.89. The Labute approximate surface area is 198 Å². The van der Waals surface area contributed by atoms with Gasteiger partial charge in [-0.1, -0.05) is 110 Å². The van der Waals surface area contributed by atoms with Gasteiger partial charge in [0.1, 0.15) is 17.9 Å². The van der Waals surface area contributed by atoms with E-state index in [1.807, 2.05) is 18.2 Å². The molecule has 0 fully saturated rings. The molecule has 0 bridgehead atoms. The molecule has 0 aromatic heterocycles. The number of para-hydroxylation sites is 1. The van der Waals surface area contributed by atoms with E-state index >= 15 is 0 Å². The zero-order chi connectivity index (χ0) is 22.5. The van der Waals surface area contributed by atoms with Gasteiger partial charge in [-0.2, -0.15) is 10.5 Å². The Hall–Kier alpha value is -1.62. The summed E-state index contributed by atoms with van der Waals surface area (Å²) in [5, 5.41) is 26.8. The number of hydrogen-bond acceptors (Lipinski definition) is 3. The number of phenolic OH excluding ortho intramolecular Hbond substituents is 1. The first kappa shape index (κ1) is 26.4. The number of phenols is 1. The van der Waals surface area contributed by atoms with E-state index in [-0.39, 0.29) is 31.2 Å². The number of hydrogen-bond donors (Lipinski definition) is 1. The number of unbranched alkanes of at least 4 members (excludes halogenated alkanes) is 6. The first-order valence-corrected chi connectivity index (χ1v) is 11.3. The zero-order valence-corrected chi connectivity index (χ0v) is 19.8. The third-order valence-electron chi connectivity index (χ3n) is 4.53. The fourth-order valence-electron chi connectivity index (χ4n) is 2.82. The molecule has 30 heavy (non-hydrogen) atoms. The summed E-state index contributed by atoms with van der Waals surface area (Å²) in [6.07, 6.45) is 10.3. The van der Waals surface area contributed by atoms with Gasteiger partial charge in [-0.3, -0.25) is 0 Å². The topological polar surface area (TPSA) is 67.8 Å². The summed E-state index contributed by atoms with van der Waals surface area (Å²) >= 11 is 22.8. The summed E-state index contributed by atoms with van der Waals surface area (Å²) in [7, 11) is 0. The molecule has 2 aromatic rings. The molecule has 0 saturated heterocycles. The van der Waals surface area contributed by atoms with Crippen LogP contribution < -0.4 is 0 Å². The Morgan fingerprint density at radius 3 is 1.73 bits per heavy atom. The predicted octanol–water partition coefficient (Wildman–Crippen LogP) is 8.73. The molecular weight excluding hydrogens is 462 g/mol. The first-order chi connectivity index (χ1) is 14.4. The molecule has 0 aliphatic carbocycles. The van der Waals surface area contributed by atoms with Crippen molar-refractivity contribution in [3.05, 3.63) is 61.0 Å². The third kappa shape index (κ3) is 7.90. The summed E-state index contributed by atoms with van der Waals surface area (Å²) in [5.41, 5.74) is 1.01. The van der Waals surface area contributed by atoms with Crippen LogP contribution in [0.25, 0.3) is 0 Å². The van der Waals surface area contributed by atoms with Crippen molar-refractivity contribution in [1.82, 2.24) is 0 Å². The van der Waals surface area contributed by atoms with Crippen LogP contribution in [0.5, 0.6) is 5.75 Å². The van der Waals surface area contributed by atoms with E-state index in [9.17, 15) is 5.11 Å². The van der Waals surface area contributed by atoms with Gasteiger partial charge in [-0.05, 0) is 24.5 Å². The van der Waals surface area contributed by atoms with Crippen molar-refractivity contribution in [2.75, 3.05) is 0 Å². The Bertz CT molecular complexity index is 876. The van der Waals surface area contributed by atoms with Crippen molar-refractivity contribution in [3.8, 4) is 17.9 Å². The van der Waals surface area contributed by atoms with Crippen molar-refractivity contribution in [2.24, 2.45) is 0 Å². The average Bonchev–Trinajstić information content (AvgIpc) is 2.74. The molecule has 2 aromatic carbocycles. The van der Waals surface area contributed by atoms with Crippen LogP contribution in [0.15, 0.2) is 24.3 Å². The van der Waals surface area contributed by atoms with Crippen molar-refractivity contribution >= 4 is 46.4 Å². The van der Waals surface area contributed by atoms with Gasteiger partial charge in [0.2, 0.25) is 0 Å². The van der Waals surface area contributed by atoms with Gasteiger partial charge in [-0.25, -0.2) is 0 Å². The fourth-order valence-corrected chi connectivity index (χ4v) is 3.89. The summed E-state index contributed by atoms with van der Waals surface area (Å²) in [4.78, 5) is 0. The minimum atomic E-state index is -0.0746. The van der Waals surface area contributed by atoms with Crippen molar-refractivity contribution < 1.29 is 5.11 Å². The van der Waals surface area contributed by atoms with Gasteiger partial charge in [0.25, 0.3) is 0 Å². The Morgan fingerprint density at radius 1 is 0.733 bits per heavy atom. The predicted molar refractivity (Wildman–Crippen MR) is 126 cm³/mol. The van der Waals surface area contributed by atoms with Crippen LogP contribution in [0.1, 0.15) is 68.6 Å². The van der Waals surface area contributed by atoms with Gasteiger partial charge in [0.05, 0.1) is 31.2 Å². The second kappa shape index (κ2) is 14.4. The first-order valence-electron chi connectivity index (χ1n) is 9.81. The molecule has 160 valence electrons. The highest BCUT2D eigenvalue weighted by atomic mass is 35.5.